The zero-order chi connectivity index (χ0) is 27.6. The molecule has 1 amide bonds. The Bertz CT molecular complexity index is 1630. The molecule has 0 bridgehead atoms. The number of aldehydes is 1. The number of hydrogen-bond acceptors (Lipinski definition) is 6. The van der Waals surface area contributed by atoms with Crippen LogP contribution < -0.4 is 10.3 Å². The highest BCUT2D eigenvalue weighted by molar-refractivity contribution is 6.31. The van der Waals surface area contributed by atoms with E-state index in [-0.39, 0.29) is 5.91 Å². The lowest BCUT2D eigenvalue weighted by molar-refractivity contribution is -0.365. The minimum Gasteiger partial charge on any atom is -0.336 e. The molecule has 2 aliphatic rings. The predicted molar refractivity (Wildman–Crippen MR) is 156 cm³/mol. The van der Waals surface area contributed by atoms with E-state index in [0.717, 1.165) is 66.1 Å². The van der Waals surface area contributed by atoms with Crippen LogP contribution in [0.15, 0.2) is 77.9 Å². The first-order valence-corrected chi connectivity index (χ1v) is 13.5. The molecule has 2 aliphatic heterocycles. The fourth-order valence-electron chi connectivity index (χ4n) is 5.10. The molecule has 40 heavy (non-hydrogen) atoms. The molecule has 2 N–H and O–H groups in total. The molecule has 1 saturated heterocycles. The number of likely N-dealkylation sites (N-methyl/N-ethyl adjacent to an activating group) is 1. The van der Waals surface area contributed by atoms with Crippen LogP contribution in [-0.2, 0) is 6.54 Å². The van der Waals surface area contributed by atoms with E-state index in [1.54, 1.807) is 6.07 Å². The third kappa shape index (κ3) is 5.11. The van der Waals surface area contributed by atoms with Crippen molar-refractivity contribution in [3.63, 3.8) is 0 Å². The van der Waals surface area contributed by atoms with Crippen molar-refractivity contribution in [2.24, 2.45) is 4.99 Å². The van der Waals surface area contributed by atoms with E-state index in [1.165, 1.54) is 0 Å². The first-order chi connectivity index (χ1) is 19.5. The van der Waals surface area contributed by atoms with Gasteiger partial charge >= 0.3 is 5.95 Å². The standard InChI is InChI=1S/C31H27ClN6O2/c1-37-12-14-38(15-13-37)30(40)20-6-9-24(10-7-20)35-31-34-18-22-17-33-29(25-5-3-2-4-21(25)19-39)27-16-23(32)8-11-26(27)28(22)36-31/h2-11,16,18-19H,12-15,17H2,1H3,(H,34,35,36)/p+1. The second-order valence-electron chi connectivity index (χ2n) is 9.98. The van der Waals surface area contributed by atoms with Gasteiger partial charge in [0.2, 0.25) is 0 Å². The van der Waals surface area contributed by atoms with Gasteiger partial charge in [0.1, 0.15) is 0 Å². The SMILES string of the molecule is CN1CCN(C(=O)c2ccc(Nc3nc4c(c[nH+]3)CN=C(c3ccccc3C=O)c3cc(Cl)ccc3-4)cc2)CC1. The van der Waals surface area contributed by atoms with Crippen LogP contribution in [-0.4, -0.2) is 65.9 Å². The van der Waals surface area contributed by atoms with Gasteiger partial charge in [-0.05, 0) is 49.5 Å². The summed E-state index contributed by atoms with van der Waals surface area (Å²) in [5.41, 5.74) is 6.88. The van der Waals surface area contributed by atoms with Crippen LogP contribution in [0.3, 0.4) is 0 Å². The highest BCUT2D eigenvalue weighted by Crippen LogP contribution is 2.33. The van der Waals surface area contributed by atoms with Gasteiger partial charge in [-0.25, -0.2) is 10.3 Å². The molecule has 0 atom stereocenters. The lowest BCUT2D eigenvalue weighted by Gasteiger charge is -2.32. The van der Waals surface area contributed by atoms with E-state index < -0.39 is 0 Å². The van der Waals surface area contributed by atoms with Crippen molar-refractivity contribution in [1.29, 1.82) is 0 Å². The van der Waals surface area contributed by atoms with Gasteiger partial charge in [0, 0.05) is 64.6 Å². The molecule has 9 heteroatoms. The maximum Gasteiger partial charge on any atom is 0.394 e. The molecule has 3 aromatic carbocycles. The molecule has 3 heterocycles. The summed E-state index contributed by atoms with van der Waals surface area (Å²) in [7, 11) is 2.07. The Labute approximate surface area is 237 Å². The third-order valence-electron chi connectivity index (χ3n) is 7.34. The molecule has 6 rings (SSSR count). The molecular weight excluding hydrogens is 524 g/mol. The van der Waals surface area contributed by atoms with E-state index in [9.17, 15) is 9.59 Å². The van der Waals surface area contributed by atoms with Crippen molar-refractivity contribution in [3.8, 4) is 11.3 Å². The first kappa shape index (κ1) is 25.9. The number of nitrogens with one attached hydrogen (secondary N) is 2. The maximum atomic E-state index is 12.9. The average molecular weight is 552 g/mol. The summed E-state index contributed by atoms with van der Waals surface area (Å²) in [5, 5.41) is 3.90. The number of carbonyl (C=O) groups excluding carboxylic acids is 2. The number of hydrogen-bond donors (Lipinski definition) is 1. The normalized spacial score (nSPS) is 14.9. The van der Waals surface area contributed by atoms with Crippen LogP contribution in [0.1, 0.15) is 37.4 Å². The number of amides is 1. The van der Waals surface area contributed by atoms with Gasteiger partial charge in [0.05, 0.1) is 24.1 Å². The zero-order valence-corrected chi connectivity index (χ0v) is 22.8. The monoisotopic (exact) mass is 551 g/mol. The van der Waals surface area contributed by atoms with Gasteiger partial charge in [-0.1, -0.05) is 40.9 Å². The van der Waals surface area contributed by atoms with Crippen LogP contribution in [0.5, 0.6) is 0 Å². The Morgan fingerprint density at radius 1 is 0.975 bits per heavy atom. The van der Waals surface area contributed by atoms with E-state index in [1.807, 2.05) is 71.8 Å². The summed E-state index contributed by atoms with van der Waals surface area (Å²) < 4.78 is 0. The third-order valence-corrected chi connectivity index (χ3v) is 7.57. The van der Waals surface area contributed by atoms with Crippen LogP contribution in [0, 0.1) is 0 Å². The molecule has 0 spiro atoms. The summed E-state index contributed by atoms with van der Waals surface area (Å²) in [4.78, 5) is 41.9. The summed E-state index contributed by atoms with van der Waals surface area (Å²) in [6, 6.07) is 20.5. The largest absolute Gasteiger partial charge is 0.394 e. The number of piperazine rings is 1. The Morgan fingerprint density at radius 3 is 2.52 bits per heavy atom. The Hall–Kier alpha value is -4.40. The molecule has 0 saturated carbocycles. The van der Waals surface area contributed by atoms with Crippen LogP contribution in [0.4, 0.5) is 11.6 Å². The van der Waals surface area contributed by atoms with Crippen LogP contribution in [0.25, 0.3) is 11.3 Å². The molecule has 0 aliphatic carbocycles. The van der Waals surface area contributed by atoms with Gasteiger partial charge in [-0.3, -0.25) is 14.6 Å². The number of anilines is 2. The van der Waals surface area contributed by atoms with E-state index in [2.05, 4.69) is 22.2 Å². The first-order valence-electron chi connectivity index (χ1n) is 13.2. The van der Waals surface area contributed by atoms with Crippen molar-refractivity contribution in [2.45, 2.75) is 6.54 Å². The maximum absolute atomic E-state index is 12.9. The summed E-state index contributed by atoms with van der Waals surface area (Å²) in [6.45, 7) is 3.63. The summed E-state index contributed by atoms with van der Waals surface area (Å²) in [6.07, 6.45) is 2.74. The summed E-state index contributed by atoms with van der Waals surface area (Å²) in [5.74, 6) is 0.603. The highest BCUT2D eigenvalue weighted by Gasteiger charge is 2.26. The minimum atomic E-state index is 0.0524. The van der Waals surface area contributed by atoms with E-state index in [4.69, 9.17) is 21.6 Å². The molecule has 1 aromatic heterocycles. The van der Waals surface area contributed by atoms with Crippen LogP contribution in [0.2, 0.25) is 5.02 Å². The van der Waals surface area contributed by atoms with Crippen molar-refractivity contribution in [1.82, 2.24) is 14.8 Å². The van der Waals surface area contributed by atoms with Crippen LogP contribution >= 0.6 is 11.6 Å². The predicted octanol–water partition coefficient (Wildman–Crippen LogP) is 4.51. The Morgan fingerprint density at radius 2 is 1.75 bits per heavy atom. The average Bonchev–Trinajstić information content (AvgIpc) is 3.14. The topological polar surface area (TPSA) is 92.0 Å². The molecule has 0 unspecified atom stereocenters. The molecular formula is C31H28ClN6O2+. The van der Waals surface area contributed by atoms with Gasteiger partial charge < -0.3 is 9.80 Å². The number of nitrogens with zero attached hydrogens (tertiary/aromatic N) is 4. The highest BCUT2D eigenvalue weighted by atomic mass is 35.5. The fraction of sp³-hybridized carbons (Fsp3) is 0.194. The molecule has 4 aromatic rings. The summed E-state index contributed by atoms with van der Waals surface area (Å²) >= 11 is 6.42. The Balaban J connectivity index is 1.28. The second kappa shape index (κ2) is 11.0. The Kier molecular flexibility index (Phi) is 7.11. The number of aliphatic imine (C=N–C) groups is 1. The van der Waals surface area contributed by atoms with Crippen molar-refractivity contribution < 1.29 is 14.6 Å². The number of H-pyrrole nitrogens is 1. The van der Waals surface area contributed by atoms with E-state index >= 15 is 0 Å². The number of benzene rings is 3. The molecule has 1 fully saturated rings. The quantitative estimate of drug-likeness (QED) is 0.368. The van der Waals surface area contributed by atoms with Gasteiger partial charge in [0.25, 0.3) is 5.91 Å². The second-order valence-corrected chi connectivity index (χ2v) is 10.4. The molecule has 200 valence electrons. The molecule has 8 nitrogen and oxygen atoms in total. The number of fused-ring (bicyclic) bond motifs is 3. The van der Waals surface area contributed by atoms with Gasteiger partial charge in [0.15, 0.2) is 12.0 Å². The smallest absolute Gasteiger partial charge is 0.336 e. The number of halogens is 1. The molecule has 0 radical (unpaired) electrons. The fourth-order valence-corrected chi connectivity index (χ4v) is 5.27. The van der Waals surface area contributed by atoms with Gasteiger partial charge in [-0.15, -0.1) is 0 Å². The van der Waals surface area contributed by atoms with E-state index in [0.29, 0.717) is 34.4 Å². The number of carbonyl (C=O) groups is 2. The minimum absolute atomic E-state index is 0.0524. The van der Waals surface area contributed by atoms with Crippen molar-refractivity contribution in [3.05, 3.63) is 106 Å². The zero-order valence-electron chi connectivity index (χ0n) is 22.0. The van der Waals surface area contributed by atoms with Gasteiger partial charge in [-0.2, -0.15) is 0 Å². The number of rotatable bonds is 5. The lowest BCUT2D eigenvalue weighted by atomic mass is 9.93. The lowest BCUT2D eigenvalue weighted by Crippen LogP contribution is -2.47. The number of aromatic nitrogens is 2. The number of aromatic amines is 1. The van der Waals surface area contributed by atoms with Crippen molar-refractivity contribution >= 4 is 41.1 Å². The van der Waals surface area contributed by atoms with Crippen molar-refractivity contribution in [2.75, 3.05) is 38.5 Å².